The predicted molar refractivity (Wildman–Crippen MR) is 104 cm³/mol. The average Bonchev–Trinajstić information content (AvgIpc) is 2.58. The molecule has 0 fully saturated rings. The van der Waals surface area contributed by atoms with E-state index in [-0.39, 0.29) is 11.2 Å². The van der Waals surface area contributed by atoms with Crippen molar-refractivity contribution in [3.05, 3.63) is 59.3 Å². The van der Waals surface area contributed by atoms with Crippen molar-refractivity contribution in [2.45, 2.75) is 38.0 Å². The predicted octanol–water partition coefficient (Wildman–Crippen LogP) is 4.67. The Morgan fingerprint density at radius 2 is 1.72 bits per heavy atom. The van der Waals surface area contributed by atoms with Gasteiger partial charge in [-0.2, -0.15) is 0 Å². The Labute approximate surface area is 152 Å². The van der Waals surface area contributed by atoms with Crippen molar-refractivity contribution in [3.8, 4) is 0 Å². The van der Waals surface area contributed by atoms with Crippen LogP contribution in [-0.4, -0.2) is 21.1 Å². The van der Waals surface area contributed by atoms with E-state index in [9.17, 15) is 4.79 Å². The van der Waals surface area contributed by atoms with Gasteiger partial charge in [0.05, 0.1) is 22.0 Å². The molecule has 3 rings (SSSR count). The van der Waals surface area contributed by atoms with Crippen LogP contribution in [-0.2, 0) is 4.79 Å². The Morgan fingerprint density at radius 3 is 2.44 bits per heavy atom. The van der Waals surface area contributed by atoms with Crippen LogP contribution in [0.2, 0.25) is 0 Å². The van der Waals surface area contributed by atoms with Crippen LogP contribution in [0.3, 0.4) is 0 Å². The van der Waals surface area contributed by atoms with Crippen LogP contribution in [0.25, 0.3) is 11.0 Å². The number of thioether (sulfide) groups is 1. The van der Waals surface area contributed by atoms with E-state index in [0.717, 1.165) is 38.6 Å². The van der Waals surface area contributed by atoms with E-state index >= 15 is 0 Å². The lowest BCUT2D eigenvalue weighted by atomic mass is 10.1. The van der Waals surface area contributed by atoms with E-state index in [1.807, 2.05) is 70.2 Å². The molecule has 25 heavy (non-hydrogen) atoms. The molecule has 1 N–H and O–H groups in total. The summed E-state index contributed by atoms with van der Waals surface area (Å²) in [5, 5.41) is 3.54. The van der Waals surface area contributed by atoms with Crippen molar-refractivity contribution in [3.63, 3.8) is 0 Å². The van der Waals surface area contributed by atoms with E-state index in [1.165, 1.54) is 11.8 Å². The molecule has 0 spiro atoms. The lowest BCUT2D eigenvalue weighted by Gasteiger charge is -2.14. The fourth-order valence-electron chi connectivity index (χ4n) is 2.51. The van der Waals surface area contributed by atoms with Crippen molar-refractivity contribution in [1.29, 1.82) is 0 Å². The van der Waals surface area contributed by atoms with E-state index < -0.39 is 0 Å². The van der Waals surface area contributed by atoms with Gasteiger partial charge >= 0.3 is 0 Å². The van der Waals surface area contributed by atoms with E-state index in [4.69, 9.17) is 0 Å². The highest BCUT2D eigenvalue weighted by atomic mass is 32.2. The van der Waals surface area contributed by atoms with Gasteiger partial charge < -0.3 is 5.32 Å². The first-order chi connectivity index (χ1) is 11.9. The van der Waals surface area contributed by atoms with Gasteiger partial charge in [-0.15, -0.1) is 0 Å². The van der Waals surface area contributed by atoms with E-state index in [1.54, 1.807) is 0 Å². The molecule has 3 aromatic rings. The molecule has 1 atom stereocenters. The molecule has 4 nitrogen and oxygen atoms in total. The minimum atomic E-state index is -0.269. The Kier molecular flexibility index (Phi) is 5.04. The maximum atomic E-state index is 12.6. The zero-order chi connectivity index (χ0) is 18.0. The molecule has 1 amide bonds. The van der Waals surface area contributed by atoms with Crippen molar-refractivity contribution < 1.29 is 4.79 Å². The quantitative estimate of drug-likeness (QED) is 0.694. The first-order valence-corrected chi connectivity index (χ1v) is 9.10. The Bertz CT molecular complexity index is 939. The summed E-state index contributed by atoms with van der Waals surface area (Å²) in [6.07, 6.45) is 0. The van der Waals surface area contributed by atoms with Gasteiger partial charge in [-0.05, 0) is 57.0 Å². The number of nitrogens with zero attached hydrogens (tertiary/aromatic N) is 2. The first kappa shape index (κ1) is 17.4. The zero-order valence-electron chi connectivity index (χ0n) is 14.8. The van der Waals surface area contributed by atoms with Crippen molar-refractivity contribution in [2.75, 3.05) is 5.32 Å². The molecule has 0 saturated heterocycles. The van der Waals surface area contributed by atoms with Gasteiger partial charge in [0.15, 0.2) is 0 Å². The second-order valence-corrected chi connectivity index (χ2v) is 7.50. The minimum absolute atomic E-state index is 0.0342. The van der Waals surface area contributed by atoms with Gasteiger partial charge in [0, 0.05) is 5.69 Å². The van der Waals surface area contributed by atoms with Gasteiger partial charge in [-0.25, -0.2) is 9.97 Å². The largest absolute Gasteiger partial charge is 0.325 e. The Hall–Kier alpha value is -2.40. The summed E-state index contributed by atoms with van der Waals surface area (Å²) < 4.78 is 0. The molecular formula is C20H21N3OS. The fourth-order valence-corrected chi connectivity index (χ4v) is 3.38. The van der Waals surface area contributed by atoms with Gasteiger partial charge in [-0.3, -0.25) is 4.79 Å². The number of amides is 1. The molecule has 0 aliphatic carbocycles. The number of benzene rings is 2. The maximum absolute atomic E-state index is 12.6. The van der Waals surface area contributed by atoms with Gasteiger partial charge in [0.1, 0.15) is 5.03 Å². The van der Waals surface area contributed by atoms with Gasteiger partial charge in [0.2, 0.25) is 5.91 Å². The Morgan fingerprint density at radius 1 is 1.04 bits per heavy atom. The number of anilines is 1. The second kappa shape index (κ2) is 7.23. The number of hydrogen-bond acceptors (Lipinski definition) is 4. The van der Waals surface area contributed by atoms with Gasteiger partial charge in [0.25, 0.3) is 0 Å². The molecule has 1 heterocycles. The van der Waals surface area contributed by atoms with Crippen molar-refractivity contribution >= 4 is 34.4 Å². The highest BCUT2D eigenvalue weighted by molar-refractivity contribution is 8.00. The summed E-state index contributed by atoms with van der Waals surface area (Å²) in [5.41, 5.74) is 5.60. The monoisotopic (exact) mass is 351 g/mol. The maximum Gasteiger partial charge on any atom is 0.237 e. The number of nitrogens with one attached hydrogen (secondary N) is 1. The van der Waals surface area contributed by atoms with E-state index in [2.05, 4.69) is 15.3 Å². The zero-order valence-corrected chi connectivity index (χ0v) is 15.6. The van der Waals surface area contributed by atoms with Crippen LogP contribution in [0.4, 0.5) is 5.69 Å². The lowest BCUT2D eigenvalue weighted by Crippen LogP contribution is -2.23. The van der Waals surface area contributed by atoms with Crippen LogP contribution >= 0.6 is 11.8 Å². The Balaban J connectivity index is 1.77. The van der Waals surface area contributed by atoms with Crippen LogP contribution in [0.1, 0.15) is 23.7 Å². The number of para-hydroxylation sites is 2. The summed E-state index contributed by atoms with van der Waals surface area (Å²) >= 11 is 1.44. The normalized spacial score (nSPS) is 12.2. The summed E-state index contributed by atoms with van der Waals surface area (Å²) in [6.45, 7) is 7.83. The highest BCUT2D eigenvalue weighted by Gasteiger charge is 2.18. The molecule has 0 bridgehead atoms. The molecule has 2 aromatic carbocycles. The number of aromatic nitrogens is 2. The van der Waals surface area contributed by atoms with Crippen LogP contribution in [0.5, 0.6) is 0 Å². The molecule has 1 aromatic heterocycles. The number of fused-ring (bicyclic) bond motifs is 1. The number of rotatable bonds is 4. The topological polar surface area (TPSA) is 54.9 Å². The first-order valence-electron chi connectivity index (χ1n) is 8.22. The van der Waals surface area contributed by atoms with Crippen molar-refractivity contribution in [1.82, 2.24) is 9.97 Å². The molecular weight excluding hydrogens is 330 g/mol. The fraction of sp³-hybridized carbons (Fsp3) is 0.250. The van der Waals surface area contributed by atoms with Crippen LogP contribution < -0.4 is 5.32 Å². The SMILES string of the molecule is Cc1ccc(C)c(NC(=O)[C@@H](C)Sc2nc3ccccc3nc2C)c1. The number of carbonyl (C=O) groups is 1. The van der Waals surface area contributed by atoms with Crippen LogP contribution in [0.15, 0.2) is 47.5 Å². The number of hydrogen-bond donors (Lipinski definition) is 1. The molecule has 0 saturated carbocycles. The molecule has 0 aliphatic heterocycles. The van der Waals surface area contributed by atoms with Crippen molar-refractivity contribution in [2.24, 2.45) is 0 Å². The molecule has 128 valence electrons. The number of carbonyl (C=O) groups excluding carboxylic acids is 1. The summed E-state index contributed by atoms with van der Waals surface area (Å²) in [4.78, 5) is 21.8. The average molecular weight is 351 g/mol. The lowest BCUT2D eigenvalue weighted by molar-refractivity contribution is -0.115. The molecule has 0 unspecified atom stereocenters. The van der Waals surface area contributed by atoms with Crippen LogP contribution in [0, 0.1) is 20.8 Å². The summed E-state index contributed by atoms with van der Waals surface area (Å²) in [5.74, 6) is -0.0342. The third-order valence-electron chi connectivity index (χ3n) is 4.01. The summed E-state index contributed by atoms with van der Waals surface area (Å²) in [6, 6.07) is 13.8. The summed E-state index contributed by atoms with van der Waals surface area (Å²) in [7, 11) is 0. The molecule has 0 aliphatic rings. The standard InChI is InChI=1S/C20H21N3OS/c1-12-9-10-13(2)18(11-12)22-19(24)15(4)25-20-14(3)21-16-7-5-6-8-17(16)23-20/h5-11,15H,1-4H3,(H,22,24)/t15-/m1/s1. The molecule has 0 radical (unpaired) electrons. The smallest absolute Gasteiger partial charge is 0.237 e. The van der Waals surface area contributed by atoms with Gasteiger partial charge in [-0.1, -0.05) is 36.0 Å². The number of aryl methyl sites for hydroxylation is 3. The minimum Gasteiger partial charge on any atom is -0.325 e. The third kappa shape index (κ3) is 3.99. The molecule has 5 heteroatoms. The third-order valence-corrected chi connectivity index (χ3v) is 5.19. The van der Waals surface area contributed by atoms with E-state index in [0.29, 0.717) is 0 Å². The highest BCUT2D eigenvalue weighted by Crippen LogP contribution is 2.27. The second-order valence-electron chi connectivity index (χ2n) is 6.17.